The fourth-order valence-corrected chi connectivity index (χ4v) is 4.07. The number of unbranched alkanes of at least 4 members (excludes halogenated alkanes) is 1. The quantitative estimate of drug-likeness (QED) is 0.335. The minimum atomic E-state index is -0.0662. The monoisotopic (exact) mass is 442 g/mol. The van der Waals surface area contributed by atoms with Gasteiger partial charge in [-0.15, -0.1) is 0 Å². The third-order valence-electron chi connectivity index (χ3n) is 5.61. The molecule has 0 saturated heterocycles. The van der Waals surface area contributed by atoms with E-state index in [1.54, 1.807) is 36.5 Å². The van der Waals surface area contributed by atoms with Gasteiger partial charge in [-0.3, -0.25) is 9.78 Å². The second-order valence-corrected chi connectivity index (χ2v) is 8.45. The van der Waals surface area contributed by atoms with Crippen molar-refractivity contribution >= 4 is 16.9 Å². The summed E-state index contributed by atoms with van der Waals surface area (Å²) in [5, 5.41) is 0. The van der Waals surface area contributed by atoms with Gasteiger partial charge in [-0.25, -0.2) is 4.98 Å². The molecule has 2 aromatic heterocycles. The van der Waals surface area contributed by atoms with Gasteiger partial charge in [0.25, 0.3) is 5.91 Å². The standard InChI is InChI=1S/C27H30N4O2/c1-20-15-21(2)17-23(16-20)33-14-7-6-13-31-25-11-5-4-10-24(25)29-26(31)19-30(3)27(32)22-9-8-12-28-18-22/h4-5,8-12,15-18H,6-7,13-14,19H2,1-3H3. The van der Waals surface area contributed by atoms with Crippen LogP contribution in [0.3, 0.4) is 0 Å². The van der Waals surface area contributed by atoms with Crippen LogP contribution in [0.4, 0.5) is 0 Å². The zero-order valence-corrected chi connectivity index (χ0v) is 19.5. The minimum absolute atomic E-state index is 0.0662. The van der Waals surface area contributed by atoms with Crippen LogP contribution < -0.4 is 4.74 Å². The van der Waals surface area contributed by atoms with E-state index in [9.17, 15) is 4.79 Å². The Bertz CT molecular complexity index is 1210. The number of carbonyl (C=O) groups excluding carboxylic acids is 1. The number of amides is 1. The first-order valence-electron chi connectivity index (χ1n) is 11.3. The number of ether oxygens (including phenoxy) is 1. The zero-order chi connectivity index (χ0) is 23.2. The van der Waals surface area contributed by atoms with E-state index in [0.717, 1.165) is 42.0 Å². The Labute approximate surface area is 194 Å². The highest BCUT2D eigenvalue weighted by Gasteiger charge is 2.17. The molecule has 0 radical (unpaired) electrons. The van der Waals surface area contributed by atoms with Gasteiger partial charge in [0, 0.05) is 26.0 Å². The highest BCUT2D eigenvalue weighted by Crippen LogP contribution is 2.20. The largest absolute Gasteiger partial charge is 0.494 e. The van der Waals surface area contributed by atoms with Crippen LogP contribution in [0.1, 0.15) is 40.2 Å². The Morgan fingerprint density at radius 2 is 1.82 bits per heavy atom. The van der Waals surface area contributed by atoms with E-state index >= 15 is 0 Å². The van der Waals surface area contributed by atoms with Gasteiger partial charge in [-0.2, -0.15) is 0 Å². The van der Waals surface area contributed by atoms with Crippen molar-refractivity contribution in [3.63, 3.8) is 0 Å². The van der Waals surface area contributed by atoms with Crippen LogP contribution in [0.25, 0.3) is 11.0 Å². The summed E-state index contributed by atoms with van der Waals surface area (Å²) >= 11 is 0. The van der Waals surface area contributed by atoms with E-state index < -0.39 is 0 Å². The number of para-hydroxylation sites is 2. The number of aromatic nitrogens is 3. The molecule has 0 N–H and O–H groups in total. The number of nitrogens with zero attached hydrogens (tertiary/aromatic N) is 4. The summed E-state index contributed by atoms with van der Waals surface area (Å²) in [5.74, 6) is 1.74. The third-order valence-corrected chi connectivity index (χ3v) is 5.61. The molecule has 170 valence electrons. The number of carbonyl (C=O) groups is 1. The lowest BCUT2D eigenvalue weighted by Gasteiger charge is -2.18. The lowest BCUT2D eigenvalue weighted by molar-refractivity contribution is 0.0779. The van der Waals surface area contributed by atoms with Crippen molar-refractivity contribution in [2.45, 2.75) is 39.8 Å². The average molecular weight is 443 g/mol. The zero-order valence-electron chi connectivity index (χ0n) is 19.5. The topological polar surface area (TPSA) is 60.2 Å². The van der Waals surface area contributed by atoms with E-state index in [0.29, 0.717) is 18.7 Å². The normalized spacial score (nSPS) is 11.0. The van der Waals surface area contributed by atoms with Crippen LogP contribution in [0.5, 0.6) is 5.75 Å². The maximum atomic E-state index is 12.8. The molecule has 6 heteroatoms. The van der Waals surface area contributed by atoms with Crippen molar-refractivity contribution in [2.75, 3.05) is 13.7 Å². The number of hydrogen-bond donors (Lipinski definition) is 0. The van der Waals surface area contributed by atoms with Crippen molar-refractivity contribution < 1.29 is 9.53 Å². The van der Waals surface area contributed by atoms with Gasteiger partial charge in [-0.05, 0) is 74.2 Å². The van der Waals surface area contributed by atoms with E-state index in [4.69, 9.17) is 9.72 Å². The average Bonchev–Trinajstić information content (AvgIpc) is 3.15. The maximum absolute atomic E-state index is 12.8. The number of rotatable bonds is 9. The van der Waals surface area contributed by atoms with Gasteiger partial charge in [0.2, 0.25) is 0 Å². The maximum Gasteiger partial charge on any atom is 0.255 e. The Kier molecular flexibility index (Phi) is 7.03. The van der Waals surface area contributed by atoms with Gasteiger partial charge in [0.1, 0.15) is 11.6 Å². The van der Waals surface area contributed by atoms with Crippen LogP contribution in [-0.4, -0.2) is 39.0 Å². The molecule has 0 unspecified atom stereocenters. The van der Waals surface area contributed by atoms with E-state index in [1.807, 2.05) is 18.2 Å². The molecule has 0 aliphatic heterocycles. The Hall–Kier alpha value is -3.67. The van der Waals surface area contributed by atoms with E-state index in [2.05, 4.69) is 47.7 Å². The van der Waals surface area contributed by atoms with E-state index in [-0.39, 0.29) is 5.91 Å². The molecule has 6 nitrogen and oxygen atoms in total. The molecule has 0 saturated carbocycles. The summed E-state index contributed by atoms with van der Waals surface area (Å²) in [7, 11) is 1.80. The molecule has 2 aromatic carbocycles. The number of imidazole rings is 1. The molecule has 0 aliphatic carbocycles. The van der Waals surface area contributed by atoms with Crippen molar-refractivity contribution in [1.82, 2.24) is 19.4 Å². The third kappa shape index (κ3) is 5.58. The summed E-state index contributed by atoms with van der Waals surface area (Å²) in [6.07, 6.45) is 5.15. The van der Waals surface area contributed by atoms with Crippen LogP contribution in [-0.2, 0) is 13.1 Å². The minimum Gasteiger partial charge on any atom is -0.494 e. The second-order valence-electron chi connectivity index (χ2n) is 8.45. The molecule has 0 atom stereocenters. The first-order valence-corrected chi connectivity index (χ1v) is 11.3. The smallest absolute Gasteiger partial charge is 0.255 e. The molecular weight excluding hydrogens is 412 g/mol. The summed E-state index contributed by atoms with van der Waals surface area (Å²) in [6, 6.07) is 18.0. The number of hydrogen-bond acceptors (Lipinski definition) is 4. The van der Waals surface area contributed by atoms with Gasteiger partial charge in [-0.1, -0.05) is 18.2 Å². The molecule has 2 heterocycles. The Morgan fingerprint density at radius 3 is 2.58 bits per heavy atom. The number of aryl methyl sites for hydroxylation is 3. The molecule has 0 fully saturated rings. The number of benzene rings is 2. The van der Waals surface area contributed by atoms with Crippen LogP contribution in [0, 0.1) is 13.8 Å². The van der Waals surface area contributed by atoms with Gasteiger partial charge in [0.05, 0.1) is 29.7 Å². The summed E-state index contributed by atoms with van der Waals surface area (Å²) in [4.78, 5) is 23.4. The molecule has 0 bridgehead atoms. The molecule has 33 heavy (non-hydrogen) atoms. The fraction of sp³-hybridized carbons (Fsp3) is 0.296. The van der Waals surface area contributed by atoms with Crippen molar-refractivity contribution in [2.24, 2.45) is 0 Å². The van der Waals surface area contributed by atoms with Crippen molar-refractivity contribution in [3.8, 4) is 5.75 Å². The molecule has 4 aromatic rings. The predicted octanol–water partition coefficient (Wildman–Crippen LogP) is 5.18. The van der Waals surface area contributed by atoms with Gasteiger partial charge in [0.15, 0.2) is 0 Å². The predicted molar refractivity (Wildman–Crippen MR) is 130 cm³/mol. The molecular formula is C27H30N4O2. The van der Waals surface area contributed by atoms with Crippen molar-refractivity contribution in [3.05, 3.63) is 89.5 Å². The Morgan fingerprint density at radius 1 is 1.03 bits per heavy atom. The highest BCUT2D eigenvalue weighted by molar-refractivity contribution is 5.93. The van der Waals surface area contributed by atoms with Crippen molar-refractivity contribution in [1.29, 1.82) is 0 Å². The lowest BCUT2D eigenvalue weighted by atomic mass is 10.1. The molecule has 1 amide bonds. The number of pyridine rings is 1. The van der Waals surface area contributed by atoms with Crippen LogP contribution in [0.2, 0.25) is 0 Å². The van der Waals surface area contributed by atoms with Gasteiger partial charge < -0.3 is 14.2 Å². The molecule has 0 spiro atoms. The summed E-state index contributed by atoms with van der Waals surface area (Å²) < 4.78 is 8.19. The highest BCUT2D eigenvalue weighted by atomic mass is 16.5. The number of fused-ring (bicyclic) bond motifs is 1. The first kappa shape index (κ1) is 22.5. The lowest BCUT2D eigenvalue weighted by Crippen LogP contribution is -2.28. The summed E-state index contributed by atoms with van der Waals surface area (Å²) in [5.41, 5.74) is 5.03. The molecule has 4 rings (SSSR count). The SMILES string of the molecule is Cc1cc(C)cc(OCCCCn2c(CN(C)C(=O)c3cccnc3)nc3ccccc32)c1. The fourth-order valence-electron chi connectivity index (χ4n) is 4.07. The first-order chi connectivity index (χ1) is 16.0. The Balaban J connectivity index is 1.41. The second kappa shape index (κ2) is 10.3. The van der Waals surface area contributed by atoms with Gasteiger partial charge >= 0.3 is 0 Å². The summed E-state index contributed by atoms with van der Waals surface area (Å²) in [6.45, 7) is 6.09. The van der Waals surface area contributed by atoms with Crippen LogP contribution in [0.15, 0.2) is 67.0 Å². The molecule has 0 aliphatic rings. The van der Waals surface area contributed by atoms with E-state index in [1.165, 1.54) is 11.1 Å². The van der Waals surface area contributed by atoms with Crippen LogP contribution >= 0.6 is 0 Å².